The van der Waals surface area contributed by atoms with E-state index < -0.39 is 0 Å². The molecule has 1 unspecified atom stereocenters. The Balaban J connectivity index is 1.35. The summed E-state index contributed by atoms with van der Waals surface area (Å²) in [5, 5.41) is 6.96. The van der Waals surface area contributed by atoms with Crippen LogP contribution in [0.25, 0.3) is 17.5 Å². The number of nitrogens with zero attached hydrogens (tertiary/aromatic N) is 3. The van der Waals surface area contributed by atoms with Gasteiger partial charge >= 0.3 is 0 Å². The highest BCUT2D eigenvalue weighted by molar-refractivity contribution is 7.10. The third-order valence-electron chi connectivity index (χ3n) is 5.71. The van der Waals surface area contributed by atoms with Gasteiger partial charge in [-0.3, -0.25) is 0 Å². The van der Waals surface area contributed by atoms with Crippen LogP contribution in [0.3, 0.4) is 0 Å². The molecule has 0 amide bonds. The van der Waals surface area contributed by atoms with Crippen molar-refractivity contribution in [2.24, 2.45) is 11.8 Å². The summed E-state index contributed by atoms with van der Waals surface area (Å²) in [6.07, 6.45) is 9.11. The Kier molecular flexibility index (Phi) is 6.48. The molecule has 1 aromatic carbocycles. The lowest BCUT2D eigenvalue weighted by molar-refractivity contribution is 0.162. The van der Waals surface area contributed by atoms with Gasteiger partial charge in [-0.2, -0.15) is 4.98 Å². The molecule has 2 aromatic heterocycles. The van der Waals surface area contributed by atoms with Crippen molar-refractivity contribution in [1.82, 2.24) is 15.0 Å². The van der Waals surface area contributed by atoms with Crippen molar-refractivity contribution < 1.29 is 4.52 Å². The van der Waals surface area contributed by atoms with Gasteiger partial charge in [-0.15, -0.1) is 11.3 Å². The Labute approximate surface area is 181 Å². The van der Waals surface area contributed by atoms with E-state index in [1.54, 1.807) is 0 Å². The number of allylic oxidation sites excluding steroid dienone is 1. The maximum absolute atomic E-state index is 5.94. The summed E-state index contributed by atoms with van der Waals surface area (Å²) in [4.78, 5) is 8.34. The fraction of sp³-hybridized carbons (Fsp3) is 0.391. The van der Waals surface area contributed by atoms with E-state index in [1.807, 2.05) is 41.7 Å². The molecule has 152 valence electrons. The van der Waals surface area contributed by atoms with Crippen molar-refractivity contribution in [3.05, 3.63) is 63.6 Å². The first kappa shape index (κ1) is 20.3. The second kappa shape index (κ2) is 9.24. The van der Waals surface area contributed by atoms with Crippen LogP contribution in [0.2, 0.25) is 5.02 Å². The van der Waals surface area contributed by atoms with Crippen molar-refractivity contribution in [3.8, 4) is 11.4 Å². The number of benzene rings is 1. The van der Waals surface area contributed by atoms with Crippen molar-refractivity contribution in [2.75, 3.05) is 14.1 Å². The topological polar surface area (TPSA) is 42.2 Å². The zero-order valence-corrected chi connectivity index (χ0v) is 18.4. The molecule has 0 bridgehead atoms. The fourth-order valence-electron chi connectivity index (χ4n) is 4.26. The van der Waals surface area contributed by atoms with E-state index >= 15 is 0 Å². The number of hydrogen-bond acceptors (Lipinski definition) is 5. The Morgan fingerprint density at radius 2 is 1.90 bits per heavy atom. The summed E-state index contributed by atoms with van der Waals surface area (Å²) in [5.41, 5.74) is 0.904. The van der Waals surface area contributed by atoms with E-state index in [2.05, 4.69) is 52.7 Å². The number of hydrogen-bond donors (Lipinski definition) is 0. The van der Waals surface area contributed by atoms with Crippen LogP contribution in [0.4, 0.5) is 0 Å². The minimum absolute atomic E-state index is 0.526. The highest BCUT2D eigenvalue weighted by Gasteiger charge is 2.29. The highest BCUT2D eigenvalue weighted by atomic mass is 35.5. The third kappa shape index (κ3) is 4.97. The first-order chi connectivity index (χ1) is 14.1. The van der Waals surface area contributed by atoms with Gasteiger partial charge in [-0.25, -0.2) is 0 Å². The standard InChI is InChI=1S/C23H26ClN3OS/c1-27(2)22(20-4-3-15-29-20)17-8-5-16(6-9-17)7-14-21-25-23(26-28-21)18-10-12-19(24)13-11-18/h3-4,7,10-17,22H,5-6,8-9H2,1-2H3/b14-7+. The van der Waals surface area contributed by atoms with Crippen LogP contribution in [0, 0.1) is 11.8 Å². The summed E-state index contributed by atoms with van der Waals surface area (Å²) in [5.74, 6) is 2.44. The van der Waals surface area contributed by atoms with Crippen LogP contribution < -0.4 is 0 Å². The second-order valence-electron chi connectivity index (χ2n) is 7.92. The normalized spacial score (nSPS) is 21.1. The Morgan fingerprint density at radius 3 is 2.55 bits per heavy atom. The van der Waals surface area contributed by atoms with Gasteiger partial charge < -0.3 is 9.42 Å². The highest BCUT2D eigenvalue weighted by Crippen LogP contribution is 2.41. The van der Waals surface area contributed by atoms with Gasteiger partial charge in [0.15, 0.2) is 0 Å². The quantitative estimate of drug-likeness (QED) is 0.445. The molecule has 0 saturated heterocycles. The molecule has 6 heteroatoms. The average molecular weight is 428 g/mol. The van der Waals surface area contributed by atoms with E-state index in [0.29, 0.717) is 34.6 Å². The molecule has 1 atom stereocenters. The minimum Gasteiger partial charge on any atom is -0.334 e. The smallest absolute Gasteiger partial charge is 0.250 e. The van der Waals surface area contributed by atoms with Gasteiger partial charge in [0.2, 0.25) is 5.82 Å². The summed E-state index contributed by atoms with van der Waals surface area (Å²) in [7, 11) is 4.40. The van der Waals surface area contributed by atoms with Crippen molar-refractivity contribution in [2.45, 2.75) is 31.7 Å². The van der Waals surface area contributed by atoms with Crippen LogP contribution in [-0.4, -0.2) is 29.1 Å². The molecule has 1 aliphatic rings. The molecule has 0 radical (unpaired) electrons. The first-order valence-electron chi connectivity index (χ1n) is 10.1. The third-order valence-corrected chi connectivity index (χ3v) is 6.90. The molecule has 0 N–H and O–H groups in total. The molecule has 2 heterocycles. The number of aromatic nitrogens is 2. The molecular formula is C23H26ClN3OS. The van der Waals surface area contributed by atoms with Gasteiger partial charge in [0.1, 0.15) is 0 Å². The predicted molar refractivity (Wildman–Crippen MR) is 120 cm³/mol. The molecule has 0 aliphatic heterocycles. The average Bonchev–Trinajstić information content (AvgIpc) is 3.40. The van der Waals surface area contributed by atoms with Crippen LogP contribution in [0.15, 0.2) is 52.4 Å². The van der Waals surface area contributed by atoms with E-state index in [0.717, 1.165) is 5.56 Å². The molecule has 29 heavy (non-hydrogen) atoms. The van der Waals surface area contributed by atoms with Gasteiger partial charge in [-0.05, 0) is 93.4 Å². The van der Waals surface area contributed by atoms with Crippen molar-refractivity contribution >= 4 is 29.0 Å². The van der Waals surface area contributed by atoms with Gasteiger partial charge in [-0.1, -0.05) is 28.9 Å². The first-order valence-corrected chi connectivity index (χ1v) is 11.3. The zero-order valence-electron chi connectivity index (χ0n) is 16.8. The summed E-state index contributed by atoms with van der Waals surface area (Å²) >= 11 is 7.81. The maximum atomic E-state index is 5.94. The Bertz CT molecular complexity index is 925. The lowest BCUT2D eigenvalue weighted by atomic mass is 9.77. The van der Waals surface area contributed by atoms with Crippen LogP contribution in [0.5, 0.6) is 0 Å². The van der Waals surface area contributed by atoms with Gasteiger partial charge in [0, 0.05) is 21.5 Å². The SMILES string of the molecule is CN(C)C(c1cccs1)C1CCC(/C=C/c2nc(-c3ccc(Cl)cc3)no2)CC1. The summed E-state index contributed by atoms with van der Waals surface area (Å²) < 4.78 is 5.39. The molecule has 3 aromatic rings. The van der Waals surface area contributed by atoms with Crippen molar-refractivity contribution in [3.63, 3.8) is 0 Å². The molecule has 4 rings (SSSR count). The monoisotopic (exact) mass is 427 g/mol. The largest absolute Gasteiger partial charge is 0.334 e. The maximum Gasteiger partial charge on any atom is 0.250 e. The summed E-state index contributed by atoms with van der Waals surface area (Å²) in [6, 6.07) is 12.4. The van der Waals surface area contributed by atoms with E-state index in [1.165, 1.54) is 30.6 Å². The lowest BCUT2D eigenvalue weighted by Gasteiger charge is -2.36. The molecular weight excluding hydrogens is 402 g/mol. The predicted octanol–water partition coefficient (Wildman–Crippen LogP) is 6.57. The fourth-order valence-corrected chi connectivity index (χ4v) is 5.40. The van der Waals surface area contributed by atoms with E-state index in [4.69, 9.17) is 16.1 Å². The van der Waals surface area contributed by atoms with Crippen LogP contribution in [-0.2, 0) is 0 Å². The molecule has 4 nitrogen and oxygen atoms in total. The van der Waals surface area contributed by atoms with Crippen molar-refractivity contribution in [1.29, 1.82) is 0 Å². The molecule has 1 aliphatic carbocycles. The van der Waals surface area contributed by atoms with E-state index in [-0.39, 0.29) is 0 Å². The molecule has 0 spiro atoms. The second-order valence-corrected chi connectivity index (χ2v) is 9.34. The zero-order chi connectivity index (χ0) is 20.2. The Hall–Kier alpha value is -1.95. The summed E-state index contributed by atoms with van der Waals surface area (Å²) in [6.45, 7) is 0. The molecule has 1 fully saturated rings. The van der Waals surface area contributed by atoms with E-state index in [9.17, 15) is 0 Å². The number of rotatable bonds is 6. The van der Waals surface area contributed by atoms with Gasteiger partial charge in [0.05, 0.1) is 0 Å². The number of thiophene rings is 1. The number of halogens is 1. The van der Waals surface area contributed by atoms with Crippen LogP contribution in [0.1, 0.15) is 42.5 Å². The molecule has 1 saturated carbocycles. The van der Waals surface area contributed by atoms with Crippen LogP contribution >= 0.6 is 22.9 Å². The lowest BCUT2D eigenvalue weighted by Crippen LogP contribution is -2.29. The van der Waals surface area contributed by atoms with Gasteiger partial charge in [0.25, 0.3) is 5.89 Å². The Morgan fingerprint density at radius 1 is 1.14 bits per heavy atom. The minimum atomic E-state index is 0.526.